The van der Waals surface area contributed by atoms with E-state index in [1.165, 1.54) is 24.3 Å². The van der Waals surface area contributed by atoms with Crippen LogP contribution in [0.2, 0.25) is 0 Å². The summed E-state index contributed by atoms with van der Waals surface area (Å²) in [5.74, 6) is 0.694. The Morgan fingerprint density at radius 3 is 2.19 bits per heavy atom. The first-order chi connectivity index (χ1) is 17.5. The van der Waals surface area contributed by atoms with Crippen LogP contribution in [0.15, 0.2) is 60.7 Å². The second-order valence-electron chi connectivity index (χ2n) is 8.43. The van der Waals surface area contributed by atoms with E-state index in [4.69, 9.17) is 16.6 Å². The maximum Gasteiger partial charge on any atom is 0.317 e. The topological polar surface area (TPSA) is 74.2 Å². The molecule has 0 unspecified atom stereocenters. The number of urea groups is 1. The molecule has 0 aliphatic carbocycles. The summed E-state index contributed by atoms with van der Waals surface area (Å²) in [4.78, 5) is 30.4. The summed E-state index contributed by atoms with van der Waals surface area (Å²) in [7, 11) is 0. The van der Waals surface area contributed by atoms with E-state index >= 15 is 0 Å². The van der Waals surface area contributed by atoms with Gasteiger partial charge >= 0.3 is 6.03 Å². The predicted molar refractivity (Wildman–Crippen MR) is 135 cm³/mol. The smallest absolute Gasteiger partial charge is 0.317 e. The van der Waals surface area contributed by atoms with Crippen molar-refractivity contribution in [1.29, 1.82) is 0 Å². The summed E-state index contributed by atoms with van der Waals surface area (Å²) in [5.41, 5.74) is 3.59. The van der Waals surface area contributed by atoms with E-state index in [9.17, 15) is 13.6 Å². The van der Waals surface area contributed by atoms with Crippen molar-refractivity contribution in [3.05, 3.63) is 83.7 Å². The first kappa shape index (κ1) is 23.9. The number of nitrogens with zero attached hydrogens (tertiary/aromatic N) is 5. The monoisotopic (exact) mass is 508 g/mol. The van der Waals surface area contributed by atoms with Gasteiger partial charge in [0.1, 0.15) is 23.0 Å². The average Bonchev–Trinajstić information content (AvgIpc) is 2.92. The zero-order chi connectivity index (χ0) is 25.1. The summed E-state index contributed by atoms with van der Waals surface area (Å²) < 4.78 is 26.5. The molecule has 2 aromatic carbocycles. The van der Waals surface area contributed by atoms with E-state index in [0.29, 0.717) is 61.1 Å². The van der Waals surface area contributed by atoms with E-state index in [-0.39, 0.29) is 23.5 Å². The van der Waals surface area contributed by atoms with Gasteiger partial charge in [-0.15, -0.1) is 11.6 Å². The van der Waals surface area contributed by atoms with E-state index in [1.54, 1.807) is 29.2 Å². The minimum Gasteiger partial charge on any atom is -0.351 e. The third-order valence-electron chi connectivity index (χ3n) is 6.05. The molecular formula is C26H23ClF2N6O. The molecule has 1 aliphatic rings. The molecule has 2 aromatic heterocycles. The van der Waals surface area contributed by atoms with Crippen LogP contribution in [0.3, 0.4) is 0 Å². The highest BCUT2D eigenvalue weighted by Gasteiger charge is 2.24. The first-order valence-corrected chi connectivity index (χ1v) is 12.1. The number of amides is 2. The molecule has 1 N–H and O–H groups in total. The number of carbonyl (C=O) groups is 1. The Labute approximate surface area is 211 Å². The van der Waals surface area contributed by atoms with Crippen LogP contribution in [0.25, 0.3) is 22.3 Å². The van der Waals surface area contributed by atoms with Gasteiger partial charge in [-0.1, -0.05) is 12.1 Å². The second kappa shape index (κ2) is 10.4. The molecule has 1 saturated heterocycles. The number of halogens is 3. The maximum atomic E-state index is 13.4. The van der Waals surface area contributed by atoms with Gasteiger partial charge in [0.15, 0.2) is 5.82 Å². The molecule has 36 heavy (non-hydrogen) atoms. The van der Waals surface area contributed by atoms with Crippen LogP contribution in [-0.2, 0) is 12.4 Å². The number of hydrogen-bond donors (Lipinski definition) is 1. The highest BCUT2D eigenvalue weighted by Crippen LogP contribution is 2.27. The van der Waals surface area contributed by atoms with Crippen LogP contribution < -0.4 is 10.2 Å². The van der Waals surface area contributed by atoms with E-state index in [1.807, 2.05) is 12.1 Å². The minimum absolute atomic E-state index is 0.161. The molecule has 0 radical (unpaired) electrons. The van der Waals surface area contributed by atoms with Gasteiger partial charge in [-0.2, -0.15) is 0 Å². The van der Waals surface area contributed by atoms with Crippen molar-refractivity contribution in [2.24, 2.45) is 0 Å². The van der Waals surface area contributed by atoms with Crippen molar-refractivity contribution in [3.8, 4) is 11.3 Å². The Hall–Kier alpha value is -3.85. The van der Waals surface area contributed by atoms with Crippen molar-refractivity contribution < 1.29 is 13.6 Å². The summed E-state index contributed by atoms with van der Waals surface area (Å²) in [6.45, 7) is 2.43. The van der Waals surface area contributed by atoms with Crippen molar-refractivity contribution in [3.63, 3.8) is 0 Å². The number of rotatable bonds is 5. The van der Waals surface area contributed by atoms with Gasteiger partial charge in [0.25, 0.3) is 0 Å². The molecule has 7 nitrogen and oxygen atoms in total. The Balaban J connectivity index is 1.32. The number of pyridine rings is 1. The minimum atomic E-state index is -0.310. The predicted octanol–water partition coefficient (Wildman–Crippen LogP) is 4.74. The van der Waals surface area contributed by atoms with E-state index in [2.05, 4.69) is 20.2 Å². The zero-order valence-electron chi connectivity index (χ0n) is 19.3. The number of fused-ring (bicyclic) bond motifs is 1. The lowest BCUT2D eigenvalue weighted by atomic mass is 10.1. The van der Waals surface area contributed by atoms with Gasteiger partial charge in [0, 0.05) is 38.3 Å². The second-order valence-corrected chi connectivity index (χ2v) is 8.69. The number of anilines is 1. The quantitative estimate of drug-likeness (QED) is 0.394. The number of carbonyl (C=O) groups excluding carboxylic acids is 1. The first-order valence-electron chi connectivity index (χ1n) is 11.5. The number of alkyl halides is 1. The van der Waals surface area contributed by atoms with Crippen LogP contribution in [0.5, 0.6) is 0 Å². The highest BCUT2D eigenvalue weighted by atomic mass is 35.5. The zero-order valence-corrected chi connectivity index (χ0v) is 20.1. The number of hydrogen-bond acceptors (Lipinski definition) is 5. The molecule has 5 rings (SSSR count). The van der Waals surface area contributed by atoms with Crippen LogP contribution in [0.1, 0.15) is 11.4 Å². The Morgan fingerprint density at radius 1 is 0.861 bits per heavy atom. The summed E-state index contributed by atoms with van der Waals surface area (Å²) in [6.07, 6.45) is 0. The summed E-state index contributed by atoms with van der Waals surface area (Å²) in [6, 6.07) is 15.7. The van der Waals surface area contributed by atoms with E-state index < -0.39 is 0 Å². The highest BCUT2D eigenvalue weighted by molar-refractivity contribution is 6.16. The van der Waals surface area contributed by atoms with Gasteiger partial charge in [0.2, 0.25) is 0 Å². The summed E-state index contributed by atoms with van der Waals surface area (Å²) >= 11 is 6.06. The SMILES string of the molecule is O=C(NCc1ccc(F)cc1)N1CCN(c2nc(CCl)nc3ccc(-c4ccc(F)cc4)nc23)CC1. The van der Waals surface area contributed by atoms with Crippen molar-refractivity contribution in [1.82, 2.24) is 25.2 Å². The van der Waals surface area contributed by atoms with Gasteiger partial charge in [-0.3, -0.25) is 0 Å². The normalized spacial score (nSPS) is 13.8. The molecule has 10 heteroatoms. The molecule has 0 bridgehead atoms. The third kappa shape index (κ3) is 5.21. The number of benzene rings is 2. The lowest BCUT2D eigenvalue weighted by molar-refractivity contribution is 0.194. The fourth-order valence-electron chi connectivity index (χ4n) is 4.12. The fourth-order valence-corrected chi connectivity index (χ4v) is 4.24. The van der Waals surface area contributed by atoms with Gasteiger partial charge in [-0.25, -0.2) is 28.5 Å². The van der Waals surface area contributed by atoms with Crippen molar-refractivity contribution >= 4 is 34.5 Å². The number of nitrogens with one attached hydrogen (secondary N) is 1. The molecule has 0 spiro atoms. The molecular weight excluding hydrogens is 486 g/mol. The third-order valence-corrected chi connectivity index (χ3v) is 6.29. The van der Waals surface area contributed by atoms with Gasteiger partial charge in [-0.05, 0) is 54.1 Å². The van der Waals surface area contributed by atoms with E-state index in [0.717, 1.165) is 11.1 Å². The molecule has 0 saturated carbocycles. The molecule has 4 aromatic rings. The molecule has 184 valence electrons. The number of aromatic nitrogens is 3. The van der Waals surface area contributed by atoms with Crippen LogP contribution in [0.4, 0.5) is 19.4 Å². The Bertz CT molecular complexity index is 1380. The van der Waals surface area contributed by atoms with Crippen LogP contribution >= 0.6 is 11.6 Å². The summed E-state index contributed by atoms with van der Waals surface area (Å²) in [5, 5.41) is 2.88. The van der Waals surface area contributed by atoms with Crippen molar-refractivity contribution in [2.75, 3.05) is 31.1 Å². The molecule has 3 heterocycles. The lowest BCUT2D eigenvalue weighted by Crippen LogP contribution is -2.52. The van der Waals surface area contributed by atoms with Gasteiger partial charge < -0.3 is 15.1 Å². The molecule has 0 atom stereocenters. The molecule has 1 aliphatic heterocycles. The van der Waals surface area contributed by atoms with Gasteiger partial charge in [0.05, 0.1) is 17.1 Å². The lowest BCUT2D eigenvalue weighted by Gasteiger charge is -2.35. The number of piperazine rings is 1. The maximum absolute atomic E-state index is 13.4. The standard InChI is InChI=1S/C26H23ClF2N6O/c27-15-23-31-22-10-9-21(18-3-7-20(29)8-4-18)32-24(22)25(33-23)34-11-13-35(14-12-34)26(36)30-16-17-1-5-19(28)6-2-17/h1-10H,11-16H2,(H,30,36). The van der Waals surface area contributed by atoms with Crippen LogP contribution in [0, 0.1) is 11.6 Å². The molecule has 2 amide bonds. The molecule has 1 fully saturated rings. The average molecular weight is 509 g/mol. The Kier molecular flexibility index (Phi) is 6.90. The largest absolute Gasteiger partial charge is 0.351 e. The van der Waals surface area contributed by atoms with Crippen LogP contribution in [-0.4, -0.2) is 52.1 Å². The fraction of sp³-hybridized carbons (Fsp3) is 0.231. The van der Waals surface area contributed by atoms with Crippen molar-refractivity contribution in [2.45, 2.75) is 12.4 Å². The Morgan fingerprint density at radius 2 is 1.53 bits per heavy atom.